The van der Waals surface area contributed by atoms with Gasteiger partial charge >= 0.3 is 0 Å². The number of piperidine rings is 1. The van der Waals surface area contributed by atoms with Crippen LogP contribution in [0.5, 0.6) is 5.75 Å². The van der Waals surface area contributed by atoms with Gasteiger partial charge in [0.25, 0.3) is 17.4 Å². The Kier molecular flexibility index (Phi) is 8.70. The predicted octanol–water partition coefficient (Wildman–Crippen LogP) is 2.69. The Morgan fingerprint density at radius 3 is 2.56 bits per heavy atom. The summed E-state index contributed by atoms with van der Waals surface area (Å²) in [4.78, 5) is 53.6. The molecule has 236 valence electrons. The van der Waals surface area contributed by atoms with Gasteiger partial charge in [-0.25, -0.2) is 4.98 Å². The number of aryl methyl sites for hydroxylation is 2. The first-order valence-electron chi connectivity index (χ1n) is 15.3. The molecule has 0 unspecified atom stereocenters. The molecule has 45 heavy (non-hydrogen) atoms. The largest absolute Gasteiger partial charge is 0.491 e. The number of pyridine rings is 1. The van der Waals surface area contributed by atoms with E-state index in [0.29, 0.717) is 46.7 Å². The summed E-state index contributed by atoms with van der Waals surface area (Å²) >= 11 is 0. The lowest BCUT2D eigenvalue weighted by Gasteiger charge is -2.32. The van der Waals surface area contributed by atoms with Gasteiger partial charge in [0.2, 0.25) is 0 Å². The molecule has 2 aromatic heterocycles. The van der Waals surface area contributed by atoms with Crippen molar-refractivity contribution >= 4 is 28.5 Å². The number of aliphatic hydroxyl groups excluding tert-OH is 2. The van der Waals surface area contributed by atoms with Crippen LogP contribution in [0.3, 0.4) is 0 Å². The number of imidazole rings is 1. The SMILES string of the molecule is Cc1ccc(OC[C@H](O)CNc2cc[nH]c(=O)c2-c2nc3cc4c(cc3[nH]2)C(=O)N(CC2CCN(CCO)CC2)C4=O)c(C)c1. The summed E-state index contributed by atoms with van der Waals surface area (Å²) in [5, 5.41) is 22.9. The molecule has 2 aliphatic rings. The lowest BCUT2D eigenvalue weighted by atomic mass is 9.96. The van der Waals surface area contributed by atoms with Crippen LogP contribution in [0.2, 0.25) is 0 Å². The zero-order valence-electron chi connectivity index (χ0n) is 25.4. The second kappa shape index (κ2) is 12.8. The maximum absolute atomic E-state index is 13.3. The number of aromatic nitrogens is 3. The molecule has 0 aliphatic carbocycles. The second-order valence-corrected chi connectivity index (χ2v) is 11.9. The van der Waals surface area contributed by atoms with Gasteiger partial charge in [0, 0.05) is 25.8 Å². The quantitative estimate of drug-likeness (QED) is 0.160. The Labute approximate surface area is 260 Å². The van der Waals surface area contributed by atoms with E-state index in [2.05, 4.69) is 25.2 Å². The Hall–Kier alpha value is -4.52. The number of carbonyl (C=O) groups is 2. The fraction of sp³-hybridized carbons (Fsp3) is 0.394. The number of nitrogens with zero attached hydrogens (tertiary/aromatic N) is 3. The standard InChI is InChI=1S/C33H38N6O6/c1-19-3-4-28(20(2)13-19)45-18-22(41)16-35-25-5-8-34-31(42)29(25)30-36-26-14-23-24(15-27(26)37-30)33(44)39(32(23)43)17-21-6-9-38(10-7-21)11-12-40/h3-5,8,13-15,21-22,40-41H,6-7,9-12,16-18H2,1-2H3,(H,36,37)(H2,34,35,42)/t22-/m1/s1. The number of ether oxygens (including phenoxy) is 1. The number of β-amino-alcohol motifs (C(OH)–C–C–N with tert-alkyl or cyclic N) is 1. The molecule has 4 aromatic rings. The van der Waals surface area contributed by atoms with E-state index in [9.17, 15) is 24.6 Å². The molecule has 2 aromatic carbocycles. The fourth-order valence-corrected chi connectivity index (χ4v) is 6.17. The van der Waals surface area contributed by atoms with Gasteiger partial charge in [-0.1, -0.05) is 17.7 Å². The predicted molar refractivity (Wildman–Crippen MR) is 170 cm³/mol. The van der Waals surface area contributed by atoms with Crippen LogP contribution >= 0.6 is 0 Å². The van der Waals surface area contributed by atoms with Crippen molar-refractivity contribution in [2.75, 3.05) is 51.3 Å². The minimum atomic E-state index is -0.857. The normalized spacial score (nSPS) is 16.4. The van der Waals surface area contributed by atoms with E-state index in [1.807, 2.05) is 32.0 Å². The molecule has 5 N–H and O–H groups in total. The Morgan fingerprint density at radius 1 is 1.07 bits per heavy atom. The molecule has 4 heterocycles. The molecule has 6 rings (SSSR count). The van der Waals surface area contributed by atoms with Gasteiger partial charge in [-0.05, 0) is 75.5 Å². The molecule has 0 bridgehead atoms. The summed E-state index contributed by atoms with van der Waals surface area (Å²) in [5.74, 6) is 0.513. The highest BCUT2D eigenvalue weighted by Gasteiger charge is 2.38. The van der Waals surface area contributed by atoms with E-state index < -0.39 is 11.7 Å². The summed E-state index contributed by atoms with van der Waals surface area (Å²) in [6, 6.07) is 10.8. The number of rotatable bonds is 11. The monoisotopic (exact) mass is 614 g/mol. The van der Waals surface area contributed by atoms with Gasteiger partial charge in [0.1, 0.15) is 29.8 Å². The van der Waals surface area contributed by atoms with Crippen molar-refractivity contribution < 1.29 is 24.5 Å². The minimum absolute atomic E-state index is 0.0631. The van der Waals surface area contributed by atoms with Crippen LogP contribution in [0.25, 0.3) is 22.4 Å². The highest BCUT2D eigenvalue weighted by Crippen LogP contribution is 2.31. The average Bonchev–Trinajstić information content (AvgIpc) is 3.53. The van der Waals surface area contributed by atoms with Crippen molar-refractivity contribution in [3.8, 4) is 17.1 Å². The first-order chi connectivity index (χ1) is 21.7. The van der Waals surface area contributed by atoms with Crippen LogP contribution < -0.4 is 15.6 Å². The number of imide groups is 1. The second-order valence-electron chi connectivity index (χ2n) is 11.9. The number of aromatic amines is 2. The third-order valence-electron chi connectivity index (χ3n) is 8.62. The zero-order chi connectivity index (χ0) is 31.7. The van der Waals surface area contributed by atoms with Gasteiger partial charge in [0.05, 0.1) is 34.5 Å². The van der Waals surface area contributed by atoms with Crippen LogP contribution in [0, 0.1) is 19.8 Å². The summed E-state index contributed by atoms with van der Waals surface area (Å²) in [5.41, 5.74) is 4.01. The van der Waals surface area contributed by atoms with Gasteiger partial charge < -0.3 is 35.1 Å². The molecule has 2 aliphatic heterocycles. The van der Waals surface area contributed by atoms with Crippen LogP contribution in [-0.4, -0.2) is 98.8 Å². The van der Waals surface area contributed by atoms with E-state index >= 15 is 0 Å². The van der Waals surface area contributed by atoms with Crippen molar-refractivity contribution in [3.63, 3.8) is 0 Å². The molecule has 0 saturated carbocycles. The van der Waals surface area contributed by atoms with E-state index in [-0.39, 0.29) is 48.9 Å². The lowest BCUT2D eigenvalue weighted by molar-refractivity contribution is 0.0593. The molecule has 12 heteroatoms. The maximum atomic E-state index is 13.3. The maximum Gasteiger partial charge on any atom is 0.261 e. The van der Waals surface area contributed by atoms with Crippen molar-refractivity contribution in [1.82, 2.24) is 24.8 Å². The van der Waals surface area contributed by atoms with E-state index in [0.717, 1.165) is 37.1 Å². The number of amides is 2. The smallest absolute Gasteiger partial charge is 0.261 e. The van der Waals surface area contributed by atoms with E-state index in [4.69, 9.17) is 4.74 Å². The van der Waals surface area contributed by atoms with Crippen LogP contribution in [0.15, 0.2) is 47.4 Å². The van der Waals surface area contributed by atoms with Crippen molar-refractivity contribution in [2.45, 2.75) is 32.8 Å². The number of benzene rings is 2. The van der Waals surface area contributed by atoms with Crippen molar-refractivity contribution in [2.24, 2.45) is 5.92 Å². The third kappa shape index (κ3) is 6.35. The lowest BCUT2D eigenvalue weighted by Crippen LogP contribution is -2.41. The van der Waals surface area contributed by atoms with Crippen LogP contribution in [-0.2, 0) is 0 Å². The molecule has 1 atom stereocenters. The molecule has 2 amide bonds. The third-order valence-corrected chi connectivity index (χ3v) is 8.62. The molecule has 0 spiro atoms. The van der Waals surface area contributed by atoms with Gasteiger partial charge in [-0.2, -0.15) is 0 Å². The number of hydrogen-bond donors (Lipinski definition) is 5. The number of aliphatic hydroxyl groups is 2. The molecular weight excluding hydrogens is 576 g/mol. The molecule has 12 nitrogen and oxygen atoms in total. The highest BCUT2D eigenvalue weighted by molar-refractivity contribution is 6.22. The van der Waals surface area contributed by atoms with Crippen LogP contribution in [0.1, 0.15) is 44.7 Å². The number of nitrogens with one attached hydrogen (secondary N) is 3. The first kappa shape index (κ1) is 30.5. The molecule has 1 saturated heterocycles. The van der Waals surface area contributed by atoms with E-state index in [1.165, 1.54) is 11.1 Å². The van der Waals surface area contributed by atoms with Gasteiger partial charge in [-0.15, -0.1) is 0 Å². The van der Waals surface area contributed by atoms with Crippen LogP contribution in [0.4, 0.5) is 5.69 Å². The van der Waals surface area contributed by atoms with Gasteiger partial charge in [-0.3, -0.25) is 19.3 Å². The van der Waals surface area contributed by atoms with Gasteiger partial charge in [0.15, 0.2) is 0 Å². The summed E-state index contributed by atoms with van der Waals surface area (Å²) in [6.45, 7) is 6.92. The Bertz CT molecular complexity index is 1740. The number of fused-ring (bicyclic) bond motifs is 2. The Morgan fingerprint density at radius 2 is 1.82 bits per heavy atom. The average molecular weight is 615 g/mol. The number of hydrogen-bond acceptors (Lipinski definition) is 9. The fourth-order valence-electron chi connectivity index (χ4n) is 6.17. The molecular formula is C33H38N6O6. The minimum Gasteiger partial charge on any atom is -0.491 e. The zero-order valence-corrected chi connectivity index (χ0v) is 25.4. The summed E-state index contributed by atoms with van der Waals surface area (Å²) in [7, 11) is 0. The number of anilines is 1. The highest BCUT2D eigenvalue weighted by atomic mass is 16.5. The van der Waals surface area contributed by atoms with Crippen molar-refractivity contribution in [3.05, 3.63) is 75.2 Å². The molecule has 0 radical (unpaired) electrons. The number of H-pyrrole nitrogens is 2. The summed E-state index contributed by atoms with van der Waals surface area (Å²) < 4.78 is 5.79. The Balaban J connectivity index is 1.15. The summed E-state index contributed by atoms with van der Waals surface area (Å²) in [6.07, 6.45) is 2.37. The van der Waals surface area contributed by atoms with E-state index in [1.54, 1.807) is 18.2 Å². The van der Waals surface area contributed by atoms with Crippen molar-refractivity contribution in [1.29, 1.82) is 0 Å². The number of likely N-dealkylation sites (tertiary alicyclic amines) is 1. The molecule has 1 fully saturated rings. The number of carbonyl (C=O) groups excluding carboxylic acids is 2. The topological polar surface area (TPSA) is 164 Å². The first-order valence-corrected chi connectivity index (χ1v) is 15.3.